The summed E-state index contributed by atoms with van der Waals surface area (Å²) in [6.07, 6.45) is -4.90. The summed E-state index contributed by atoms with van der Waals surface area (Å²) in [6.45, 7) is 0.0985. The first kappa shape index (κ1) is 23.6. The fraction of sp³-hybridized carbons (Fsp3) is 0.583. The number of aryl methyl sites for hydroxylation is 1. The molecule has 0 amide bonds. The molecule has 0 aliphatic carbocycles. The minimum absolute atomic E-state index is 0.196. The largest absolute Gasteiger partial charge is 0.481 e. The summed E-state index contributed by atoms with van der Waals surface area (Å²) < 4.78 is 41.6. The lowest BCUT2D eigenvalue weighted by molar-refractivity contribution is -0.153. The number of carbonyl (C=O) groups is 1. The van der Waals surface area contributed by atoms with Gasteiger partial charge in [-0.3, -0.25) is 19.1 Å². The summed E-state index contributed by atoms with van der Waals surface area (Å²) in [6, 6.07) is 0. The van der Waals surface area contributed by atoms with Crippen molar-refractivity contribution in [3.05, 3.63) is 32.6 Å². The molecule has 5 N–H and O–H groups in total. The quantitative estimate of drug-likeness (QED) is 0.220. The second-order valence-electron chi connectivity index (χ2n) is 5.95. The van der Waals surface area contributed by atoms with Crippen molar-refractivity contribution < 1.29 is 52.0 Å². The van der Waals surface area contributed by atoms with Gasteiger partial charge < -0.3 is 33.8 Å². The number of aliphatic hydroxyl groups is 1. The van der Waals surface area contributed by atoms with E-state index in [1.807, 2.05) is 4.98 Å². The highest BCUT2D eigenvalue weighted by atomic mass is 31.3. The Bertz CT molecular complexity index is 981. The summed E-state index contributed by atoms with van der Waals surface area (Å²) in [4.78, 5) is 63.4. The van der Waals surface area contributed by atoms with Crippen molar-refractivity contribution in [3.8, 4) is 0 Å². The van der Waals surface area contributed by atoms with E-state index in [9.17, 15) is 33.5 Å². The molecule has 15 nitrogen and oxygen atoms in total. The first-order chi connectivity index (χ1) is 13.2. The molecule has 1 saturated heterocycles. The number of esters is 1. The van der Waals surface area contributed by atoms with Crippen molar-refractivity contribution in [1.29, 1.82) is 0 Å². The number of aromatic amines is 1. The predicted molar refractivity (Wildman–Crippen MR) is 90.4 cm³/mol. The van der Waals surface area contributed by atoms with Gasteiger partial charge in [0.1, 0.15) is 18.3 Å². The molecule has 2 rings (SSSR count). The number of hydrogen-bond donors (Lipinski definition) is 5. The Morgan fingerprint density at radius 2 is 1.93 bits per heavy atom. The van der Waals surface area contributed by atoms with E-state index in [1.165, 1.54) is 7.05 Å². The summed E-state index contributed by atoms with van der Waals surface area (Å²) in [5.41, 5.74) is -1.82. The first-order valence-electron chi connectivity index (χ1n) is 7.75. The van der Waals surface area contributed by atoms with E-state index in [-0.39, 0.29) is 5.56 Å². The van der Waals surface area contributed by atoms with Crippen LogP contribution in [0.1, 0.15) is 18.6 Å². The number of aliphatic hydroxyl groups excluding tert-OH is 1. The Hall–Kier alpha value is -1.67. The zero-order chi connectivity index (χ0) is 22.1. The molecule has 0 saturated carbocycles. The van der Waals surface area contributed by atoms with Gasteiger partial charge in [0.05, 0.1) is 12.2 Å². The van der Waals surface area contributed by atoms with Crippen LogP contribution in [0.5, 0.6) is 0 Å². The van der Waals surface area contributed by atoms with E-state index in [1.54, 1.807) is 0 Å². The molecule has 17 heteroatoms. The molecule has 2 unspecified atom stereocenters. The van der Waals surface area contributed by atoms with Gasteiger partial charge in [0.2, 0.25) is 0 Å². The van der Waals surface area contributed by atoms with Crippen LogP contribution in [0.25, 0.3) is 0 Å². The van der Waals surface area contributed by atoms with Crippen LogP contribution in [0.15, 0.2) is 15.8 Å². The van der Waals surface area contributed by atoms with Crippen LogP contribution in [0.4, 0.5) is 0 Å². The minimum Gasteiger partial charge on any atom is -0.457 e. The Balaban J connectivity index is 2.27. The number of ether oxygens (including phenoxy) is 2. The van der Waals surface area contributed by atoms with Crippen LogP contribution in [0, 0.1) is 0 Å². The van der Waals surface area contributed by atoms with Crippen LogP contribution in [0.2, 0.25) is 0 Å². The highest BCUT2D eigenvalue weighted by Crippen LogP contribution is 2.57. The molecule has 2 heterocycles. The minimum atomic E-state index is -5.36. The maximum absolute atomic E-state index is 12.1. The molecule has 0 aromatic carbocycles. The lowest BCUT2D eigenvalue weighted by Gasteiger charge is -2.20. The number of aromatic nitrogens is 2. The number of hydrogen-bond acceptors (Lipinski definition) is 10. The molecule has 29 heavy (non-hydrogen) atoms. The van der Waals surface area contributed by atoms with E-state index >= 15 is 0 Å². The van der Waals surface area contributed by atoms with Crippen molar-refractivity contribution in [2.45, 2.75) is 31.3 Å². The summed E-state index contributed by atoms with van der Waals surface area (Å²) in [7, 11) is -9.28. The molecule has 1 fully saturated rings. The molecular weight excluding hydrogens is 442 g/mol. The van der Waals surface area contributed by atoms with Crippen molar-refractivity contribution >= 4 is 21.6 Å². The smallest absolute Gasteiger partial charge is 0.457 e. The van der Waals surface area contributed by atoms with Crippen molar-refractivity contribution in [1.82, 2.24) is 9.55 Å². The first-order valence-corrected chi connectivity index (χ1v) is 10.8. The van der Waals surface area contributed by atoms with E-state index in [0.29, 0.717) is 0 Å². The van der Waals surface area contributed by atoms with E-state index in [0.717, 1.165) is 17.7 Å². The van der Waals surface area contributed by atoms with Crippen molar-refractivity contribution in [2.75, 3.05) is 6.61 Å². The maximum atomic E-state index is 12.1. The van der Waals surface area contributed by atoms with E-state index < -0.39 is 63.9 Å². The average molecular weight is 460 g/mol. The van der Waals surface area contributed by atoms with Crippen LogP contribution >= 0.6 is 15.6 Å². The molecule has 5 atom stereocenters. The third-order valence-electron chi connectivity index (χ3n) is 3.69. The van der Waals surface area contributed by atoms with Gasteiger partial charge in [-0.25, -0.2) is 13.9 Å². The van der Waals surface area contributed by atoms with Crippen LogP contribution in [-0.2, 0) is 39.3 Å². The average Bonchev–Trinajstić information content (AvgIpc) is 2.83. The Morgan fingerprint density at radius 1 is 1.31 bits per heavy atom. The molecule has 0 radical (unpaired) electrons. The number of nitrogens with one attached hydrogen (secondary N) is 1. The molecule has 164 valence electrons. The molecule has 0 bridgehead atoms. The second-order valence-corrected chi connectivity index (χ2v) is 8.78. The van der Waals surface area contributed by atoms with Crippen LogP contribution in [-0.4, -0.2) is 60.2 Å². The summed E-state index contributed by atoms with van der Waals surface area (Å²) in [5.74, 6) is -0.844. The number of phosphoric acid groups is 2. The van der Waals surface area contributed by atoms with Gasteiger partial charge in [0, 0.05) is 20.2 Å². The Kier molecular flexibility index (Phi) is 7.00. The molecule has 1 aliphatic heterocycles. The molecule has 1 aliphatic rings. The number of carbonyl (C=O) groups excluding carboxylic acids is 1. The molecule has 1 aromatic rings. The number of phosphoric ester groups is 1. The zero-order valence-electron chi connectivity index (χ0n) is 14.9. The standard InChI is InChI=1S/C12H18N2O13P2/c1-5(15)25-10-8(16)7(4-24-29(22,23)27-28(19,20)21)26-9(10)6-3-14(2)12(18)13-11(6)17/h3,7-10,16H,4H2,1-2H3,(H,22,23)(H,13,17,18)(H2,19,20,21)/t7-,8?,9+,10+/m1/s1. The normalized spacial score (nSPS) is 26.8. The predicted octanol–water partition coefficient (Wildman–Crippen LogP) is -1.97. The van der Waals surface area contributed by atoms with Gasteiger partial charge in [-0.05, 0) is 0 Å². The van der Waals surface area contributed by atoms with Gasteiger partial charge in [0.25, 0.3) is 5.56 Å². The maximum Gasteiger partial charge on any atom is 0.481 e. The fourth-order valence-electron chi connectivity index (χ4n) is 2.56. The Morgan fingerprint density at radius 3 is 2.48 bits per heavy atom. The van der Waals surface area contributed by atoms with Gasteiger partial charge in [0.15, 0.2) is 6.10 Å². The highest BCUT2D eigenvalue weighted by Gasteiger charge is 2.49. The number of rotatable bonds is 7. The zero-order valence-corrected chi connectivity index (χ0v) is 16.7. The second kappa shape index (κ2) is 8.60. The Labute approximate surface area is 161 Å². The van der Waals surface area contributed by atoms with E-state index in [2.05, 4.69) is 8.83 Å². The topological polar surface area (TPSA) is 224 Å². The summed E-state index contributed by atoms with van der Waals surface area (Å²) in [5, 5.41) is 10.3. The fourth-order valence-corrected chi connectivity index (χ4v) is 4.16. The molecule has 0 spiro atoms. The van der Waals surface area contributed by atoms with Crippen LogP contribution < -0.4 is 11.2 Å². The third kappa shape index (κ3) is 6.15. The van der Waals surface area contributed by atoms with Crippen molar-refractivity contribution in [3.63, 3.8) is 0 Å². The lowest BCUT2D eigenvalue weighted by Crippen LogP contribution is -2.38. The van der Waals surface area contributed by atoms with E-state index in [4.69, 9.17) is 19.3 Å². The van der Waals surface area contributed by atoms with Crippen LogP contribution in [0.3, 0.4) is 0 Å². The molecule has 1 aromatic heterocycles. The highest BCUT2D eigenvalue weighted by molar-refractivity contribution is 7.60. The number of nitrogens with zero attached hydrogens (tertiary/aromatic N) is 1. The monoisotopic (exact) mass is 460 g/mol. The summed E-state index contributed by atoms with van der Waals surface area (Å²) >= 11 is 0. The van der Waals surface area contributed by atoms with Gasteiger partial charge in [-0.1, -0.05) is 0 Å². The number of H-pyrrole nitrogens is 1. The molecular formula is C12H18N2O13P2. The van der Waals surface area contributed by atoms with Gasteiger partial charge >= 0.3 is 27.3 Å². The van der Waals surface area contributed by atoms with Crippen molar-refractivity contribution in [2.24, 2.45) is 7.05 Å². The third-order valence-corrected chi connectivity index (χ3v) is 5.84. The van der Waals surface area contributed by atoms with Gasteiger partial charge in [-0.2, -0.15) is 4.31 Å². The van der Waals surface area contributed by atoms with Gasteiger partial charge in [-0.15, -0.1) is 0 Å². The lowest BCUT2D eigenvalue weighted by atomic mass is 10.0. The SMILES string of the molecule is CC(=O)O[C@H]1C(O)[C@@H](COP(=O)(O)OP(=O)(O)O)O[C@H]1c1cn(C)c(=O)[nH]c1=O.